The maximum atomic E-state index is 9.09. The minimum absolute atomic E-state index is 0. The maximum absolute atomic E-state index is 9.09. The van der Waals surface area contributed by atoms with Crippen LogP contribution in [0, 0.1) is 0 Å². The summed E-state index contributed by atoms with van der Waals surface area (Å²) < 4.78 is 9.09. The predicted octanol–water partition coefficient (Wildman–Crippen LogP) is 0.315. The van der Waals surface area contributed by atoms with E-state index in [-0.39, 0.29) is 17.1 Å². The van der Waals surface area contributed by atoms with Crippen molar-refractivity contribution in [1.82, 2.24) is 0 Å². The Morgan fingerprint density at radius 1 is 1.50 bits per heavy atom. The molecule has 0 bridgehead atoms. The fourth-order valence-electron chi connectivity index (χ4n) is 0. The van der Waals surface area contributed by atoms with Crippen molar-refractivity contribution in [1.29, 1.82) is 0 Å². The molecule has 0 unspecified atom stereocenters. The Labute approximate surface area is 50.1 Å². The summed E-state index contributed by atoms with van der Waals surface area (Å²) in [7, 11) is 0. The van der Waals surface area contributed by atoms with E-state index in [2.05, 4.69) is 11.2 Å². The number of hydrogen-bond acceptors (Lipinski definition) is 1. The third-order valence-corrected chi connectivity index (χ3v) is 0. The smallest absolute Gasteiger partial charge is 0.313 e. The van der Waals surface area contributed by atoms with Crippen molar-refractivity contribution in [2.45, 2.75) is 0 Å². The van der Waals surface area contributed by atoms with Crippen molar-refractivity contribution in [3.63, 3.8) is 0 Å². The van der Waals surface area contributed by atoms with Gasteiger partial charge in [-0.05, 0) is 0 Å². The minimum atomic E-state index is -4.17. The van der Waals surface area contributed by atoms with Gasteiger partial charge in [-0.2, -0.15) is 0 Å². The largest absolute Gasteiger partial charge is 0.419 e. The topological polar surface area (TPSA) is 57.5 Å². The zero-order chi connectivity index (χ0) is 4.50. The molecule has 0 saturated heterocycles. The van der Waals surface area contributed by atoms with Gasteiger partial charge in [0.1, 0.15) is 0 Å². The molecule has 1 radical (unpaired) electrons. The molecule has 0 spiro atoms. The molecule has 0 aliphatic heterocycles. The summed E-state index contributed by atoms with van der Waals surface area (Å²) in [6.07, 6.45) is 0. The number of halogens is 1. The first kappa shape index (κ1) is 10.0. The van der Waals surface area contributed by atoms with Crippen LogP contribution in [0.3, 0.4) is 0 Å². The van der Waals surface area contributed by atoms with Crippen LogP contribution < -0.4 is 0 Å². The van der Waals surface area contributed by atoms with Crippen LogP contribution in [0.15, 0.2) is 0 Å². The summed E-state index contributed by atoms with van der Waals surface area (Å²) in [5.41, 5.74) is 0. The average Bonchev–Trinajstić information content (AvgIpc) is 0.722. The van der Waals surface area contributed by atoms with Crippen LogP contribution in [0.25, 0.3) is 0 Å². The van der Waals surface area contributed by atoms with Gasteiger partial charge < -0.3 is 9.79 Å². The normalized spacial score (nSPS) is 9.83. The Kier molecular flexibility index (Phi) is 5.07. The van der Waals surface area contributed by atoms with Crippen molar-refractivity contribution in [3.8, 4) is 0 Å². The van der Waals surface area contributed by atoms with E-state index in [0.29, 0.717) is 0 Å². The molecule has 0 aliphatic carbocycles. The van der Waals surface area contributed by atoms with E-state index in [1.807, 2.05) is 0 Å². The SMILES string of the molecule is O=P(O)(O)Cl.[Cu]. The molecule has 0 rings (SSSR count). The molecular weight excluding hydrogens is 178 g/mol. The van der Waals surface area contributed by atoms with Gasteiger partial charge >= 0.3 is 6.95 Å². The van der Waals surface area contributed by atoms with Gasteiger partial charge in [0.2, 0.25) is 0 Å². The van der Waals surface area contributed by atoms with Crippen molar-refractivity contribution < 1.29 is 31.4 Å². The van der Waals surface area contributed by atoms with Gasteiger partial charge in [-0.3, -0.25) is 0 Å². The second-order valence-electron chi connectivity index (χ2n) is 0.473. The van der Waals surface area contributed by atoms with Gasteiger partial charge in [-0.1, -0.05) is 0 Å². The van der Waals surface area contributed by atoms with Crippen molar-refractivity contribution >= 4 is 18.2 Å². The van der Waals surface area contributed by atoms with Crippen LogP contribution in [0.5, 0.6) is 0 Å². The molecular formula is H2ClCuO3P. The second-order valence-corrected chi connectivity index (χ2v) is 2.74. The third-order valence-electron chi connectivity index (χ3n) is 0. The Bertz CT molecular complexity index is 56.9. The maximum Gasteiger partial charge on any atom is 0.419 e. The summed E-state index contributed by atoms with van der Waals surface area (Å²) in [6, 6.07) is 0. The molecule has 0 fully saturated rings. The van der Waals surface area contributed by atoms with Crippen molar-refractivity contribution in [2.24, 2.45) is 0 Å². The van der Waals surface area contributed by atoms with Crippen molar-refractivity contribution in [2.75, 3.05) is 0 Å². The van der Waals surface area contributed by atoms with Crippen molar-refractivity contribution in [3.05, 3.63) is 0 Å². The van der Waals surface area contributed by atoms with E-state index in [0.717, 1.165) is 0 Å². The van der Waals surface area contributed by atoms with E-state index in [1.54, 1.807) is 0 Å². The molecule has 0 aliphatic rings. The van der Waals surface area contributed by atoms with Crippen LogP contribution in [0.1, 0.15) is 0 Å². The molecule has 6 heteroatoms. The molecule has 0 heterocycles. The summed E-state index contributed by atoms with van der Waals surface area (Å²) in [5.74, 6) is 0. The van der Waals surface area contributed by atoms with E-state index in [9.17, 15) is 0 Å². The van der Waals surface area contributed by atoms with E-state index in [4.69, 9.17) is 14.4 Å². The molecule has 0 atom stereocenters. The summed E-state index contributed by atoms with van der Waals surface area (Å²) in [4.78, 5) is 14.8. The monoisotopic (exact) mass is 179 g/mol. The van der Waals surface area contributed by atoms with Gasteiger partial charge in [0, 0.05) is 28.3 Å². The van der Waals surface area contributed by atoms with Gasteiger partial charge in [-0.25, -0.2) is 4.57 Å². The van der Waals surface area contributed by atoms with E-state index in [1.165, 1.54) is 0 Å². The number of hydrogen-bond donors (Lipinski definition) is 2. The molecule has 43 valence electrons. The first-order valence-electron chi connectivity index (χ1n) is 0.752. The van der Waals surface area contributed by atoms with E-state index >= 15 is 0 Å². The van der Waals surface area contributed by atoms with Crippen LogP contribution in [-0.4, -0.2) is 9.79 Å². The molecule has 0 amide bonds. The Balaban J connectivity index is 0. The molecule has 3 nitrogen and oxygen atoms in total. The van der Waals surface area contributed by atoms with Gasteiger partial charge in [-0.15, -0.1) is 0 Å². The third kappa shape index (κ3) is 84.5. The molecule has 0 aromatic heterocycles. The zero-order valence-electron chi connectivity index (χ0n) is 2.43. The molecule has 0 saturated carbocycles. The Hall–Kier alpha value is 0.959. The summed E-state index contributed by atoms with van der Waals surface area (Å²) in [5, 5.41) is 0. The van der Waals surface area contributed by atoms with Crippen LogP contribution in [0.2, 0.25) is 0 Å². The van der Waals surface area contributed by atoms with Gasteiger partial charge in [0.15, 0.2) is 0 Å². The quantitative estimate of drug-likeness (QED) is 0.416. The summed E-state index contributed by atoms with van der Waals surface area (Å²) in [6.45, 7) is -4.17. The van der Waals surface area contributed by atoms with Crippen LogP contribution in [-0.2, 0) is 21.6 Å². The standard InChI is InChI=1S/ClH2O3P.Cu/c1-5(2,3)4;/h(H2,2,3,4);. The van der Waals surface area contributed by atoms with Gasteiger partial charge in [0.05, 0.1) is 0 Å². The Morgan fingerprint density at radius 3 is 1.50 bits per heavy atom. The second kappa shape index (κ2) is 3.03. The van der Waals surface area contributed by atoms with Crippen LogP contribution >= 0.6 is 18.2 Å². The predicted molar refractivity (Wildman–Crippen MR) is 17.9 cm³/mol. The first-order valence-corrected chi connectivity index (χ1v) is 3.27. The first-order chi connectivity index (χ1) is 2.00. The fourth-order valence-corrected chi connectivity index (χ4v) is 0. The molecule has 2 N–H and O–H groups in total. The average molecular weight is 180 g/mol. The number of rotatable bonds is 0. The fraction of sp³-hybridized carbons (Fsp3) is 0. The Morgan fingerprint density at radius 2 is 1.50 bits per heavy atom. The molecule has 6 heavy (non-hydrogen) atoms. The zero-order valence-corrected chi connectivity index (χ0v) is 5.02. The molecule has 0 aromatic rings. The van der Waals surface area contributed by atoms with Crippen LogP contribution in [0.4, 0.5) is 0 Å². The summed E-state index contributed by atoms with van der Waals surface area (Å²) >= 11 is 4.20. The molecule has 0 aromatic carbocycles. The van der Waals surface area contributed by atoms with E-state index < -0.39 is 6.95 Å². The minimum Gasteiger partial charge on any atom is -0.313 e. The van der Waals surface area contributed by atoms with Gasteiger partial charge in [0.25, 0.3) is 0 Å².